The van der Waals surface area contributed by atoms with Crippen LogP contribution < -0.4 is 9.47 Å². The Kier molecular flexibility index (Phi) is 6.75. The van der Waals surface area contributed by atoms with Crippen LogP contribution in [0.4, 0.5) is 0 Å². The number of methoxy groups -OCH3 is 2. The van der Waals surface area contributed by atoms with E-state index < -0.39 is 5.97 Å². The molecule has 6 nitrogen and oxygen atoms in total. The van der Waals surface area contributed by atoms with Gasteiger partial charge in [0.15, 0.2) is 11.5 Å². The first-order chi connectivity index (χ1) is 12.0. The van der Waals surface area contributed by atoms with Gasteiger partial charge in [-0.15, -0.1) is 6.58 Å². The van der Waals surface area contributed by atoms with E-state index in [0.29, 0.717) is 35.8 Å². The molecule has 7 heteroatoms. The van der Waals surface area contributed by atoms with Crippen LogP contribution in [0.1, 0.15) is 22.3 Å². The van der Waals surface area contributed by atoms with Gasteiger partial charge in [0, 0.05) is 29.2 Å². The van der Waals surface area contributed by atoms with Gasteiger partial charge >= 0.3 is 5.97 Å². The number of hydrogen-bond acceptors (Lipinski definition) is 5. The number of nitrogens with zero attached hydrogens (tertiary/aromatic N) is 1. The number of thioether (sulfide) groups is 1. The number of carbonyl (C=O) groups is 2. The molecule has 1 atom stereocenters. The summed E-state index contributed by atoms with van der Waals surface area (Å²) in [6.45, 7) is 4.27. The summed E-state index contributed by atoms with van der Waals surface area (Å²) in [5.41, 5.74) is 1.28. The van der Waals surface area contributed by atoms with Crippen molar-refractivity contribution in [2.24, 2.45) is 0 Å². The highest BCUT2D eigenvalue weighted by Crippen LogP contribution is 2.34. The van der Waals surface area contributed by atoms with E-state index in [4.69, 9.17) is 14.6 Å². The Hall–Kier alpha value is -2.15. The lowest BCUT2D eigenvalue weighted by Crippen LogP contribution is -2.47. The minimum Gasteiger partial charge on any atom is -0.493 e. The van der Waals surface area contributed by atoms with Gasteiger partial charge in [-0.2, -0.15) is 11.8 Å². The first kappa shape index (κ1) is 19.2. The number of benzene rings is 1. The van der Waals surface area contributed by atoms with Crippen molar-refractivity contribution < 1.29 is 24.2 Å². The Labute approximate surface area is 151 Å². The van der Waals surface area contributed by atoms with Crippen LogP contribution in [0.2, 0.25) is 0 Å². The molecule has 136 valence electrons. The van der Waals surface area contributed by atoms with Gasteiger partial charge in [0.05, 0.1) is 26.7 Å². The first-order valence-corrected chi connectivity index (χ1v) is 9.13. The Bertz CT molecular complexity index is 661. The zero-order valence-electron chi connectivity index (χ0n) is 14.5. The molecule has 1 saturated heterocycles. The standard InChI is InChI=1S/C18H23NO5S/c1-4-5-12-8-13(9-15(23-2)17(12)24-3)18(22)19-6-7-25-11-14(19)10-16(20)21/h4,8-9,14H,1,5-7,10-11H2,2-3H3,(H,20,21). The van der Waals surface area contributed by atoms with Crippen LogP contribution in [-0.4, -0.2) is 60.2 Å². The number of carboxylic acid groups (broad SMARTS) is 1. The zero-order chi connectivity index (χ0) is 18.4. The number of rotatable bonds is 7. The average molecular weight is 365 g/mol. The molecule has 0 aliphatic carbocycles. The second-order valence-electron chi connectivity index (χ2n) is 5.69. The Morgan fingerprint density at radius 2 is 2.16 bits per heavy atom. The van der Waals surface area contributed by atoms with Crippen molar-refractivity contribution >= 4 is 23.6 Å². The maximum atomic E-state index is 13.0. The highest BCUT2D eigenvalue weighted by molar-refractivity contribution is 7.99. The number of carbonyl (C=O) groups excluding carboxylic acids is 1. The predicted molar refractivity (Wildman–Crippen MR) is 97.8 cm³/mol. The highest BCUT2D eigenvalue weighted by atomic mass is 32.2. The lowest BCUT2D eigenvalue weighted by atomic mass is 10.0. The third kappa shape index (κ3) is 4.48. The van der Waals surface area contributed by atoms with Crippen LogP contribution in [0, 0.1) is 0 Å². The van der Waals surface area contributed by atoms with Crippen molar-refractivity contribution in [2.75, 3.05) is 32.3 Å². The molecule has 1 aliphatic heterocycles. The van der Waals surface area contributed by atoms with Gasteiger partial charge in [-0.25, -0.2) is 0 Å². The largest absolute Gasteiger partial charge is 0.493 e. The molecule has 1 aromatic carbocycles. The quantitative estimate of drug-likeness (QED) is 0.748. The van der Waals surface area contributed by atoms with Gasteiger partial charge in [0.2, 0.25) is 0 Å². The van der Waals surface area contributed by atoms with Gasteiger partial charge < -0.3 is 19.5 Å². The van der Waals surface area contributed by atoms with Gasteiger partial charge in [-0.3, -0.25) is 9.59 Å². The summed E-state index contributed by atoms with van der Waals surface area (Å²) in [5.74, 6) is 1.41. The van der Waals surface area contributed by atoms with E-state index in [1.165, 1.54) is 7.11 Å². The van der Waals surface area contributed by atoms with E-state index >= 15 is 0 Å². The third-order valence-corrected chi connectivity index (χ3v) is 5.16. The molecule has 0 spiro atoms. The summed E-state index contributed by atoms with van der Waals surface area (Å²) in [6.07, 6.45) is 2.22. The Morgan fingerprint density at radius 1 is 1.40 bits per heavy atom. The molecule has 2 rings (SSSR count). The second kappa shape index (κ2) is 8.80. The Morgan fingerprint density at radius 3 is 2.76 bits per heavy atom. The van der Waals surface area contributed by atoms with Crippen LogP contribution in [0.25, 0.3) is 0 Å². The van der Waals surface area contributed by atoms with Crippen molar-refractivity contribution in [2.45, 2.75) is 18.9 Å². The molecule has 0 aromatic heterocycles. The summed E-state index contributed by atoms with van der Waals surface area (Å²) in [4.78, 5) is 25.8. The molecule has 1 heterocycles. The average Bonchev–Trinajstić information content (AvgIpc) is 2.60. The fourth-order valence-electron chi connectivity index (χ4n) is 2.93. The predicted octanol–water partition coefficient (Wildman–Crippen LogP) is 2.46. The summed E-state index contributed by atoms with van der Waals surface area (Å²) < 4.78 is 10.8. The minimum atomic E-state index is -0.898. The topological polar surface area (TPSA) is 76.1 Å². The van der Waals surface area contributed by atoms with E-state index in [1.54, 1.807) is 42.0 Å². The molecule has 1 N–H and O–H groups in total. The normalized spacial score (nSPS) is 17.0. The molecule has 25 heavy (non-hydrogen) atoms. The number of ether oxygens (including phenoxy) is 2. The molecule has 1 aromatic rings. The smallest absolute Gasteiger partial charge is 0.305 e. The van der Waals surface area contributed by atoms with Crippen LogP contribution in [-0.2, 0) is 11.2 Å². The van der Waals surface area contributed by atoms with Crippen molar-refractivity contribution in [1.29, 1.82) is 0 Å². The van der Waals surface area contributed by atoms with E-state index in [1.807, 2.05) is 0 Å². The molecule has 1 fully saturated rings. The Balaban J connectivity index is 2.38. The van der Waals surface area contributed by atoms with E-state index in [0.717, 1.165) is 11.3 Å². The van der Waals surface area contributed by atoms with E-state index in [-0.39, 0.29) is 18.4 Å². The van der Waals surface area contributed by atoms with Gasteiger partial charge in [0.1, 0.15) is 0 Å². The molecular formula is C18H23NO5S. The number of carboxylic acids is 1. The fourth-order valence-corrected chi connectivity index (χ4v) is 3.99. The summed E-state index contributed by atoms with van der Waals surface area (Å²) in [7, 11) is 3.07. The van der Waals surface area contributed by atoms with E-state index in [9.17, 15) is 9.59 Å². The maximum absolute atomic E-state index is 13.0. The minimum absolute atomic E-state index is 0.0501. The number of amides is 1. The van der Waals surface area contributed by atoms with Crippen LogP contribution >= 0.6 is 11.8 Å². The summed E-state index contributed by atoms with van der Waals surface area (Å²) in [6, 6.07) is 3.11. The summed E-state index contributed by atoms with van der Waals surface area (Å²) in [5, 5.41) is 9.11. The zero-order valence-corrected chi connectivity index (χ0v) is 15.3. The molecule has 1 unspecified atom stereocenters. The van der Waals surface area contributed by atoms with Crippen molar-refractivity contribution in [3.63, 3.8) is 0 Å². The third-order valence-electron chi connectivity index (χ3n) is 4.07. The second-order valence-corrected chi connectivity index (χ2v) is 6.84. The monoisotopic (exact) mass is 365 g/mol. The highest BCUT2D eigenvalue weighted by Gasteiger charge is 2.30. The van der Waals surface area contributed by atoms with Crippen molar-refractivity contribution in [1.82, 2.24) is 4.90 Å². The van der Waals surface area contributed by atoms with Crippen molar-refractivity contribution in [3.8, 4) is 11.5 Å². The van der Waals surface area contributed by atoms with Gasteiger partial charge in [-0.1, -0.05) is 6.08 Å². The van der Waals surface area contributed by atoms with Crippen LogP contribution in [0.5, 0.6) is 11.5 Å². The van der Waals surface area contributed by atoms with Crippen molar-refractivity contribution in [3.05, 3.63) is 35.9 Å². The molecular weight excluding hydrogens is 342 g/mol. The number of allylic oxidation sites excluding steroid dienone is 1. The fraction of sp³-hybridized carbons (Fsp3) is 0.444. The molecule has 0 radical (unpaired) electrons. The molecule has 1 amide bonds. The number of aliphatic carboxylic acids is 1. The summed E-state index contributed by atoms with van der Waals surface area (Å²) >= 11 is 1.67. The molecule has 1 aliphatic rings. The van der Waals surface area contributed by atoms with Crippen LogP contribution in [0.15, 0.2) is 24.8 Å². The van der Waals surface area contributed by atoms with Gasteiger partial charge in [-0.05, 0) is 18.6 Å². The lowest BCUT2D eigenvalue weighted by molar-refractivity contribution is -0.138. The lowest BCUT2D eigenvalue weighted by Gasteiger charge is -2.35. The maximum Gasteiger partial charge on any atom is 0.305 e. The molecule has 0 bridgehead atoms. The van der Waals surface area contributed by atoms with Gasteiger partial charge in [0.25, 0.3) is 5.91 Å². The molecule has 0 saturated carbocycles. The first-order valence-electron chi connectivity index (χ1n) is 7.98. The number of hydrogen-bond donors (Lipinski definition) is 1. The van der Waals surface area contributed by atoms with E-state index in [2.05, 4.69) is 6.58 Å². The SMILES string of the molecule is C=CCc1cc(C(=O)N2CCSCC2CC(=O)O)cc(OC)c1OC. The van der Waals surface area contributed by atoms with Crippen LogP contribution in [0.3, 0.4) is 0 Å².